The summed E-state index contributed by atoms with van der Waals surface area (Å²) >= 11 is 12.4. The monoisotopic (exact) mass is 527 g/mol. The van der Waals surface area contributed by atoms with Crippen LogP contribution in [0.5, 0.6) is 0 Å². The molecule has 1 aliphatic heterocycles. The number of nitrogens with zero attached hydrogens (tertiary/aromatic N) is 3. The number of carbonyl (C=O) groups is 1. The van der Waals surface area contributed by atoms with Crippen molar-refractivity contribution in [3.8, 4) is 0 Å². The lowest BCUT2D eigenvalue weighted by Gasteiger charge is -2.18. The van der Waals surface area contributed by atoms with Crippen LogP contribution in [-0.4, -0.2) is 34.9 Å². The number of allylic oxidation sites excluding steroid dienone is 2. The van der Waals surface area contributed by atoms with E-state index in [1.165, 1.54) is 6.07 Å². The lowest BCUT2D eigenvalue weighted by Crippen LogP contribution is -2.16. The van der Waals surface area contributed by atoms with Gasteiger partial charge in [-0.2, -0.15) is 0 Å². The second-order valence-electron chi connectivity index (χ2n) is 7.74. The second kappa shape index (κ2) is 10.0. The first-order valence-corrected chi connectivity index (χ1v) is 13.5. The van der Waals surface area contributed by atoms with Crippen LogP contribution in [0.1, 0.15) is 42.6 Å². The van der Waals surface area contributed by atoms with Crippen molar-refractivity contribution in [3.63, 3.8) is 0 Å². The first-order valence-electron chi connectivity index (χ1n) is 10.3. The van der Waals surface area contributed by atoms with Gasteiger partial charge in [0.15, 0.2) is 9.84 Å². The van der Waals surface area contributed by atoms with Crippen molar-refractivity contribution >= 4 is 55.7 Å². The Labute approximate surface area is 204 Å². The topological polar surface area (TPSA) is 81.9 Å². The number of aromatic nitrogens is 3. The molecule has 0 fully saturated rings. The molecule has 33 heavy (non-hydrogen) atoms. The smallest absolute Gasteiger partial charge is 0.194 e. The minimum absolute atomic E-state index is 0.0718. The number of hydrogen-bond donors (Lipinski definition) is 0. The summed E-state index contributed by atoms with van der Waals surface area (Å²) in [5, 5.41) is 8.55. The van der Waals surface area contributed by atoms with Crippen LogP contribution in [0.15, 0.2) is 46.4 Å². The van der Waals surface area contributed by atoms with E-state index in [9.17, 15) is 13.2 Å². The summed E-state index contributed by atoms with van der Waals surface area (Å²) in [6.45, 7) is 0.650. The van der Waals surface area contributed by atoms with Gasteiger partial charge in [0, 0.05) is 31.4 Å². The van der Waals surface area contributed by atoms with Crippen molar-refractivity contribution < 1.29 is 17.6 Å². The Hall–Kier alpha value is -2.07. The molecule has 0 saturated heterocycles. The van der Waals surface area contributed by atoms with Gasteiger partial charge in [0.2, 0.25) is 0 Å². The zero-order chi connectivity index (χ0) is 23.6. The Morgan fingerprint density at radius 2 is 1.94 bits per heavy atom. The summed E-state index contributed by atoms with van der Waals surface area (Å²) in [7, 11) is -3.88. The minimum Gasteiger partial charge on any atom is -0.299 e. The standard InChI is InChI=1S/C22H20Cl2FN3O3S2/c23-17-12-20(32-22(17)24)33(30,31)13-15(29)8-9-18(25)16-7-4-10-28-21(16)19(26-27-28)11-14-5-2-1-3-6-14/h1-3,5-6,12H,4,7-11,13H2/b18-16-. The zero-order valence-corrected chi connectivity index (χ0v) is 20.6. The third-order valence-electron chi connectivity index (χ3n) is 5.33. The summed E-state index contributed by atoms with van der Waals surface area (Å²) in [5.41, 5.74) is 2.88. The Balaban J connectivity index is 1.48. The SMILES string of the molecule is O=C(CC/C(F)=C1\CCCn2nnc(Cc3ccccc3)c21)CS(=O)(=O)c1cc(Cl)c(Cl)s1. The lowest BCUT2D eigenvalue weighted by molar-refractivity contribution is -0.116. The Kier molecular flexibility index (Phi) is 7.33. The Morgan fingerprint density at radius 3 is 2.64 bits per heavy atom. The Morgan fingerprint density at radius 1 is 1.18 bits per heavy atom. The number of fused-ring (bicyclic) bond motifs is 1. The number of Topliss-reactive ketones (excluding diaryl/α,β-unsaturated/α-hetero) is 1. The van der Waals surface area contributed by atoms with Crippen molar-refractivity contribution in [2.24, 2.45) is 0 Å². The van der Waals surface area contributed by atoms with E-state index < -0.39 is 27.2 Å². The molecule has 0 amide bonds. The maximum absolute atomic E-state index is 15.2. The molecule has 0 atom stereocenters. The van der Waals surface area contributed by atoms with Gasteiger partial charge in [-0.1, -0.05) is 58.7 Å². The fraction of sp³-hybridized carbons (Fsp3) is 0.318. The number of halogens is 3. The summed E-state index contributed by atoms with van der Waals surface area (Å²) in [6, 6.07) is 11.0. The van der Waals surface area contributed by atoms with Crippen molar-refractivity contribution in [3.05, 3.63) is 68.5 Å². The molecule has 1 aliphatic rings. The van der Waals surface area contributed by atoms with Gasteiger partial charge >= 0.3 is 0 Å². The molecule has 6 nitrogen and oxygen atoms in total. The maximum Gasteiger partial charge on any atom is 0.194 e. The van der Waals surface area contributed by atoms with Crippen molar-refractivity contribution in [2.75, 3.05) is 5.75 Å². The highest BCUT2D eigenvalue weighted by molar-refractivity contribution is 7.94. The van der Waals surface area contributed by atoms with Gasteiger partial charge in [-0.3, -0.25) is 4.79 Å². The van der Waals surface area contributed by atoms with E-state index in [0.717, 1.165) is 16.9 Å². The molecule has 0 saturated carbocycles. The molecule has 3 heterocycles. The van der Waals surface area contributed by atoms with Gasteiger partial charge in [-0.05, 0) is 24.5 Å². The van der Waals surface area contributed by atoms with Crippen molar-refractivity contribution in [1.29, 1.82) is 0 Å². The predicted octanol–water partition coefficient (Wildman–Crippen LogP) is 5.53. The van der Waals surface area contributed by atoms with E-state index in [0.29, 0.717) is 42.8 Å². The van der Waals surface area contributed by atoms with Gasteiger partial charge in [0.25, 0.3) is 0 Å². The molecule has 2 aromatic heterocycles. The Bertz CT molecular complexity index is 1300. The molecule has 11 heteroatoms. The van der Waals surface area contributed by atoms with Crippen LogP contribution >= 0.6 is 34.5 Å². The van der Waals surface area contributed by atoms with E-state index in [1.54, 1.807) is 4.68 Å². The van der Waals surface area contributed by atoms with Gasteiger partial charge in [-0.25, -0.2) is 17.5 Å². The van der Waals surface area contributed by atoms with Gasteiger partial charge in [0.1, 0.15) is 25.9 Å². The number of rotatable bonds is 8. The quantitative estimate of drug-likeness (QED) is 0.384. The summed E-state index contributed by atoms with van der Waals surface area (Å²) < 4.78 is 41.9. The third kappa shape index (κ3) is 5.54. The predicted molar refractivity (Wildman–Crippen MR) is 127 cm³/mol. The average Bonchev–Trinajstić information content (AvgIpc) is 3.36. The molecule has 0 bridgehead atoms. The molecule has 0 N–H and O–H groups in total. The van der Waals surface area contributed by atoms with Crippen LogP contribution < -0.4 is 0 Å². The zero-order valence-electron chi connectivity index (χ0n) is 17.4. The number of hydrogen-bond acceptors (Lipinski definition) is 6. The van der Waals surface area contributed by atoms with Crippen molar-refractivity contribution in [2.45, 2.75) is 42.9 Å². The van der Waals surface area contributed by atoms with Crippen LogP contribution in [0.25, 0.3) is 5.57 Å². The largest absolute Gasteiger partial charge is 0.299 e. The molecule has 0 spiro atoms. The molecule has 0 aliphatic carbocycles. The maximum atomic E-state index is 15.2. The molecular formula is C22H20Cl2FN3O3S2. The molecule has 0 unspecified atom stereocenters. The second-order valence-corrected chi connectivity index (χ2v) is 12.0. The summed E-state index contributed by atoms with van der Waals surface area (Å²) in [4.78, 5) is 12.4. The van der Waals surface area contributed by atoms with Crippen LogP contribution in [-0.2, 0) is 27.6 Å². The van der Waals surface area contributed by atoms with Gasteiger partial charge < -0.3 is 0 Å². The number of ketones is 1. The molecule has 4 rings (SSSR count). The minimum atomic E-state index is -3.88. The van der Waals surface area contributed by atoms with E-state index in [1.807, 2.05) is 30.3 Å². The number of sulfone groups is 1. The van der Waals surface area contributed by atoms with Crippen LogP contribution in [0.2, 0.25) is 9.36 Å². The first-order chi connectivity index (χ1) is 15.7. The number of carbonyl (C=O) groups excluding carboxylic acids is 1. The van der Waals surface area contributed by atoms with Crippen LogP contribution in [0, 0.1) is 0 Å². The van der Waals surface area contributed by atoms with E-state index in [4.69, 9.17) is 23.2 Å². The van der Waals surface area contributed by atoms with E-state index in [-0.39, 0.29) is 26.4 Å². The van der Waals surface area contributed by atoms with Crippen molar-refractivity contribution in [1.82, 2.24) is 15.0 Å². The highest BCUT2D eigenvalue weighted by Crippen LogP contribution is 2.36. The molecule has 174 valence electrons. The van der Waals surface area contributed by atoms with E-state index >= 15 is 4.39 Å². The summed E-state index contributed by atoms with van der Waals surface area (Å²) in [5.74, 6) is -1.72. The van der Waals surface area contributed by atoms with Gasteiger partial charge in [0.05, 0.1) is 16.4 Å². The normalized spacial score (nSPS) is 15.4. The average molecular weight is 528 g/mol. The number of aryl methyl sites for hydroxylation is 1. The molecule has 1 aromatic carbocycles. The van der Waals surface area contributed by atoms with Crippen LogP contribution in [0.3, 0.4) is 0 Å². The first kappa shape index (κ1) is 24.1. The van der Waals surface area contributed by atoms with Crippen LogP contribution in [0.4, 0.5) is 4.39 Å². The van der Waals surface area contributed by atoms with E-state index in [2.05, 4.69) is 10.3 Å². The lowest BCUT2D eigenvalue weighted by atomic mass is 9.96. The highest BCUT2D eigenvalue weighted by atomic mass is 35.5. The van der Waals surface area contributed by atoms with Gasteiger partial charge in [-0.15, -0.1) is 16.4 Å². The molecular weight excluding hydrogens is 508 g/mol. The highest BCUT2D eigenvalue weighted by Gasteiger charge is 2.26. The fourth-order valence-corrected chi connectivity index (χ4v) is 7.01. The third-order valence-corrected chi connectivity index (χ3v) is 9.44. The number of thiophene rings is 1. The molecule has 3 aromatic rings. The number of benzene rings is 1. The fourth-order valence-electron chi connectivity index (χ4n) is 3.77. The summed E-state index contributed by atoms with van der Waals surface area (Å²) in [6.07, 6.45) is 1.35. The molecule has 0 radical (unpaired) electrons.